The quantitative estimate of drug-likeness (QED) is 0.307. The SMILES string of the molecule is CC(C)Nc1cncc(-c2cnc3[nH]nc(-c4nc5c(-c6ccccc6F)ccnc5[nH]4)c3c2)c1. The molecule has 5 heterocycles. The van der Waals surface area contributed by atoms with Crippen molar-refractivity contribution in [2.75, 3.05) is 5.32 Å². The molecule has 0 saturated heterocycles. The first kappa shape index (κ1) is 20.9. The summed E-state index contributed by atoms with van der Waals surface area (Å²) in [5.74, 6) is 0.209. The van der Waals surface area contributed by atoms with Gasteiger partial charge in [0.15, 0.2) is 17.1 Å². The molecule has 0 amide bonds. The third-order valence-corrected chi connectivity index (χ3v) is 5.72. The molecule has 8 nitrogen and oxygen atoms in total. The number of nitrogens with one attached hydrogen (secondary N) is 3. The summed E-state index contributed by atoms with van der Waals surface area (Å²) in [6.07, 6.45) is 7.03. The molecule has 1 aromatic carbocycles. The highest BCUT2D eigenvalue weighted by molar-refractivity contribution is 5.96. The maximum absolute atomic E-state index is 14.5. The molecule has 0 atom stereocenters. The van der Waals surface area contributed by atoms with Crippen LogP contribution < -0.4 is 5.32 Å². The van der Waals surface area contributed by atoms with E-state index in [2.05, 4.69) is 49.3 Å². The van der Waals surface area contributed by atoms with E-state index in [0.29, 0.717) is 45.5 Å². The van der Waals surface area contributed by atoms with E-state index in [0.717, 1.165) is 22.2 Å². The van der Waals surface area contributed by atoms with Crippen LogP contribution in [0.3, 0.4) is 0 Å². The fourth-order valence-electron chi connectivity index (χ4n) is 4.17. The fraction of sp³-hybridized carbons (Fsp3) is 0.115. The van der Waals surface area contributed by atoms with Gasteiger partial charge in [-0.15, -0.1) is 0 Å². The molecule has 0 fully saturated rings. The number of halogens is 1. The molecule has 9 heteroatoms. The van der Waals surface area contributed by atoms with Crippen LogP contribution in [0.25, 0.3) is 56.0 Å². The van der Waals surface area contributed by atoms with Gasteiger partial charge in [-0.3, -0.25) is 10.1 Å². The monoisotopic (exact) mass is 464 g/mol. The second-order valence-corrected chi connectivity index (χ2v) is 8.57. The van der Waals surface area contributed by atoms with E-state index in [1.165, 1.54) is 6.07 Å². The molecule has 6 aromatic rings. The van der Waals surface area contributed by atoms with Crippen molar-refractivity contribution in [2.24, 2.45) is 0 Å². The van der Waals surface area contributed by atoms with E-state index >= 15 is 0 Å². The summed E-state index contributed by atoms with van der Waals surface area (Å²) < 4.78 is 14.5. The van der Waals surface area contributed by atoms with Gasteiger partial charge in [-0.2, -0.15) is 5.10 Å². The largest absolute Gasteiger partial charge is 0.382 e. The van der Waals surface area contributed by atoms with Crippen LogP contribution >= 0.6 is 0 Å². The van der Waals surface area contributed by atoms with Gasteiger partial charge in [0, 0.05) is 53.1 Å². The predicted molar refractivity (Wildman–Crippen MR) is 134 cm³/mol. The van der Waals surface area contributed by atoms with Gasteiger partial charge in [0.1, 0.15) is 17.0 Å². The summed E-state index contributed by atoms with van der Waals surface area (Å²) in [6, 6.07) is 12.7. The lowest BCUT2D eigenvalue weighted by molar-refractivity contribution is 0.631. The van der Waals surface area contributed by atoms with Gasteiger partial charge in [0.2, 0.25) is 0 Å². The van der Waals surface area contributed by atoms with Crippen molar-refractivity contribution in [3.8, 4) is 33.8 Å². The Labute approximate surface area is 199 Å². The number of anilines is 1. The van der Waals surface area contributed by atoms with Crippen molar-refractivity contribution < 1.29 is 4.39 Å². The number of rotatable bonds is 5. The molecule has 0 bridgehead atoms. The van der Waals surface area contributed by atoms with Crippen molar-refractivity contribution in [1.82, 2.24) is 35.1 Å². The third kappa shape index (κ3) is 3.76. The number of benzene rings is 1. The van der Waals surface area contributed by atoms with Gasteiger partial charge in [-0.1, -0.05) is 18.2 Å². The molecule has 0 aliphatic rings. The molecule has 0 aliphatic heterocycles. The fourth-order valence-corrected chi connectivity index (χ4v) is 4.17. The Balaban J connectivity index is 1.46. The van der Waals surface area contributed by atoms with E-state index in [-0.39, 0.29) is 5.82 Å². The van der Waals surface area contributed by atoms with Gasteiger partial charge >= 0.3 is 0 Å². The normalized spacial score (nSPS) is 11.5. The minimum Gasteiger partial charge on any atom is -0.382 e. The first-order valence-electron chi connectivity index (χ1n) is 11.2. The van der Waals surface area contributed by atoms with Gasteiger partial charge in [0.25, 0.3) is 0 Å². The number of aromatic amines is 2. The zero-order valence-electron chi connectivity index (χ0n) is 19.0. The molecule has 0 spiro atoms. The molecule has 0 saturated carbocycles. The van der Waals surface area contributed by atoms with Crippen molar-refractivity contribution in [3.63, 3.8) is 0 Å². The Hall–Kier alpha value is -4.66. The average Bonchev–Trinajstić information content (AvgIpc) is 3.47. The highest BCUT2D eigenvalue weighted by Gasteiger charge is 2.18. The number of hydrogen-bond acceptors (Lipinski definition) is 6. The van der Waals surface area contributed by atoms with Crippen LogP contribution in [0, 0.1) is 5.82 Å². The van der Waals surface area contributed by atoms with Crippen LogP contribution in [0.4, 0.5) is 10.1 Å². The van der Waals surface area contributed by atoms with Crippen LogP contribution in [0.2, 0.25) is 0 Å². The van der Waals surface area contributed by atoms with Crippen LogP contribution in [-0.2, 0) is 0 Å². The Bertz CT molecular complexity index is 1680. The number of pyridine rings is 3. The highest BCUT2D eigenvalue weighted by Crippen LogP contribution is 2.32. The molecule has 0 radical (unpaired) electrons. The van der Waals surface area contributed by atoms with Crippen molar-refractivity contribution in [3.05, 3.63) is 73.1 Å². The molecule has 0 aliphatic carbocycles. The summed E-state index contributed by atoms with van der Waals surface area (Å²) in [4.78, 5) is 21.3. The number of fused-ring (bicyclic) bond motifs is 2. The van der Waals surface area contributed by atoms with E-state index in [1.807, 2.05) is 12.1 Å². The molecular formula is C26H21FN8. The van der Waals surface area contributed by atoms with Crippen LogP contribution in [0.15, 0.2) is 67.3 Å². The van der Waals surface area contributed by atoms with E-state index in [4.69, 9.17) is 4.98 Å². The Morgan fingerprint density at radius 3 is 2.63 bits per heavy atom. The number of imidazole rings is 1. The molecule has 3 N–H and O–H groups in total. The maximum atomic E-state index is 14.5. The number of H-pyrrole nitrogens is 2. The first-order chi connectivity index (χ1) is 17.1. The minimum atomic E-state index is -0.314. The second-order valence-electron chi connectivity index (χ2n) is 8.57. The Morgan fingerprint density at radius 1 is 0.914 bits per heavy atom. The number of aromatic nitrogens is 7. The topological polar surface area (TPSA) is 108 Å². The lowest BCUT2D eigenvalue weighted by Gasteiger charge is -2.10. The summed E-state index contributed by atoms with van der Waals surface area (Å²) in [7, 11) is 0. The summed E-state index contributed by atoms with van der Waals surface area (Å²) in [5, 5.41) is 11.6. The van der Waals surface area contributed by atoms with Crippen LogP contribution in [0.5, 0.6) is 0 Å². The summed E-state index contributed by atoms with van der Waals surface area (Å²) >= 11 is 0. The maximum Gasteiger partial charge on any atom is 0.161 e. The zero-order valence-corrected chi connectivity index (χ0v) is 19.0. The Morgan fingerprint density at radius 2 is 1.77 bits per heavy atom. The van der Waals surface area contributed by atoms with Crippen molar-refractivity contribution in [2.45, 2.75) is 19.9 Å². The van der Waals surface area contributed by atoms with Crippen LogP contribution in [0.1, 0.15) is 13.8 Å². The van der Waals surface area contributed by atoms with Gasteiger partial charge < -0.3 is 10.3 Å². The molecule has 172 valence electrons. The highest BCUT2D eigenvalue weighted by atomic mass is 19.1. The third-order valence-electron chi connectivity index (χ3n) is 5.72. The number of nitrogens with zero attached hydrogens (tertiary/aromatic N) is 5. The minimum absolute atomic E-state index is 0.295. The standard InChI is InChI=1S/C26H21FN8/c1-14(2)31-17-9-15(11-28-13-17)16-10-20-23(34-35-24(20)30-12-16)26-32-22-19(7-8-29-25(22)33-26)18-5-3-4-6-21(18)27/h3-14,31H,1-2H3,(H,29,32,33)(H,30,34,35). The van der Waals surface area contributed by atoms with Gasteiger partial charge in [-0.25, -0.2) is 19.3 Å². The smallest absolute Gasteiger partial charge is 0.161 e. The van der Waals surface area contributed by atoms with E-state index in [9.17, 15) is 4.39 Å². The molecule has 0 unspecified atom stereocenters. The zero-order chi connectivity index (χ0) is 23.9. The summed E-state index contributed by atoms with van der Waals surface area (Å²) in [6.45, 7) is 4.16. The first-order valence-corrected chi connectivity index (χ1v) is 11.2. The van der Waals surface area contributed by atoms with Crippen LogP contribution in [-0.4, -0.2) is 41.2 Å². The van der Waals surface area contributed by atoms with E-state index in [1.54, 1.807) is 49.1 Å². The summed E-state index contributed by atoms with van der Waals surface area (Å²) in [5.41, 5.74) is 6.28. The van der Waals surface area contributed by atoms with Gasteiger partial charge in [0.05, 0.1) is 11.1 Å². The molecule has 6 rings (SSSR count). The lowest BCUT2D eigenvalue weighted by atomic mass is 10.1. The molecule has 35 heavy (non-hydrogen) atoms. The molecular weight excluding hydrogens is 443 g/mol. The second kappa shape index (κ2) is 8.28. The lowest BCUT2D eigenvalue weighted by Crippen LogP contribution is -2.09. The van der Waals surface area contributed by atoms with Crippen molar-refractivity contribution >= 4 is 27.9 Å². The van der Waals surface area contributed by atoms with E-state index < -0.39 is 0 Å². The predicted octanol–water partition coefficient (Wildman–Crippen LogP) is 5.58. The van der Waals surface area contributed by atoms with Crippen molar-refractivity contribution in [1.29, 1.82) is 0 Å². The Kier molecular flexibility index (Phi) is 4.95. The van der Waals surface area contributed by atoms with Gasteiger partial charge in [-0.05, 0) is 38.1 Å². The number of hydrogen-bond donors (Lipinski definition) is 3. The average molecular weight is 465 g/mol. The molecule has 5 aromatic heterocycles.